The molecule has 0 aliphatic heterocycles. The molecular formula is C17H16ClN3O3. The lowest BCUT2D eigenvalue weighted by atomic mass is 10.2. The Kier molecular flexibility index (Phi) is 6.33. The average Bonchev–Trinajstić information content (AvgIpc) is 2.61. The number of hydrazone groups is 1. The lowest BCUT2D eigenvalue weighted by molar-refractivity contribution is -0.120. The molecule has 0 saturated heterocycles. The van der Waals surface area contributed by atoms with Crippen molar-refractivity contribution in [2.75, 3.05) is 13.7 Å². The van der Waals surface area contributed by atoms with E-state index in [0.717, 1.165) is 0 Å². The van der Waals surface area contributed by atoms with Gasteiger partial charge in [0.2, 0.25) is 0 Å². The fraction of sp³-hybridized carbons (Fsp3) is 0.118. The number of hydrogen-bond acceptors (Lipinski definition) is 4. The number of carbonyl (C=O) groups is 2. The molecule has 2 rings (SSSR count). The second-order valence-electron chi connectivity index (χ2n) is 4.73. The highest BCUT2D eigenvalue weighted by atomic mass is 35.5. The van der Waals surface area contributed by atoms with Crippen molar-refractivity contribution in [3.8, 4) is 5.75 Å². The quantitative estimate of drug-likeness (QED) is 0.622. The summed E-state index contributed by atoms with van der Waals surface area (Å²) in [6.45, 7) is -0.199. The van der Waals surface area contributed by atoms with Crippen molar-refractivity contribution >= 4 is 29.6 Å². The third-order valence-corrected chi connectivity index (χ3v) is 3.38. The molecule has 0 radical (unpaired) electrons. The Hall–Kier alpha value is -2.86. The van der Waals surface area contributed by atoms with Crippen LogP contribution in [-0.2, 0) is 4.79 Å². The van der Waals surface area contributed by atoms with E-state index in [-0.39, 0.29) is 12.5 Å². The van der Waals surface area contributed by atoms with E-state index in [1.807, 2.05) is 6.07 Å². The molecule has 6 nitrogen and oxygen atoms in total. The topological polar surface area (TPSA) is 79.8 Å². The first-order valence-electron chi connectivity index (χ1n) is 7.09. The number of ether oxygens (including phenoxy) is 1. The molecule has 0 fully saturated rings. The molecular weight excluding hydrogens is 330 g/mol. The summed E-state index contributed by atoms with van der Waals surface area (Å²) in [4.78, 5) is 23.6. The fourth-order valence-electron chi connectivity index (χ4n) is 1.82. The van der Waals surface area contributed by atoms with Gasteiger partial charge in [-0.1, -0.05) is 35.9 Å². The van der Waals surface area contributed by atoms with Crippen LogP contribution in [0.15, 0.2) is 53.6 Å². The molecule has 2 amide bonds. The summed E-state index contributed by atoms with van der Waals surface area (Å²) in [5, 5.41) is 6.83. The number of nitrogens with one attached hydrogen (secondary N) is 2. The third kappa shape index (κ3) is 5.10. The normalized spacial score (nSPS) is 10.4. The highest BCUT2D eigenvalue weighted by Crippen LogP contribution is 2.12. The van der Waals surface area contributed by atoms with Crippen molar-refractivity contribution in [1.29, 1.82) is 0 Å². The highest BCUT2D eigenvalue weighted by molar-refractivity contribution is 6.33. The summed E-state index contributed by atoms with van der Waals surface area (Å²) < 4.78 is 5.05. The minimum Gasteiger partial charge on any atom is -0.497 e. The van der Waals surface area contributed by atoms with Crippen molar-refractivity contribution in [2.24, 2.45) is 5.10 Å². The Morgan fingerprint density at radius 2 is 2.00 bits per heavy atom. The molecule has 0 unspecified atom stereocenters. The molecule has 124 valence electrons. The van der Waals surface area contributed by atoms with Crippen molar-refractivity contribution in [3.63, 3.8) is 0 Å². The standard InChI is InChI=1S/C17H16ClN3O3/c1-24-14-7-4-6-12(9-14)17(23)19-11-16(22)21-20-10-13-5-2-3-8-15(13)18/h2-10H,11H2,1H3,(H,19,23)(H,21,22)/b20-10-. The van der Waals surface area contributed by atoms with Gasteiger partial charge >= 0.3 is 0 Å². The van der Waals surface area contributed by atoms with Crippen LogP contribution in [0.25, 0.3) is 0 Å². The largest absolute Gasteiger partial charge is 0.497 e. The Morgan fingerprint density at radius 3 is 2.75 bits per heavy atom. The van der Waals surface area contributed by atoms with Crippen molar-refractivity contribution < 1.29 is 14.3 Å². The van der Waals surface area contributed by atoms with Gasteiger partial charge in [0.15, 0.2) is 0 Å². The first-order chi connectivity index (χ1) is 11.6. The van der Waals surface area contributed by atoms with Gasteiger partial charge in [-0.25, -0.2) is 5.43 Å². The molecule has 0 atom stereocenters. The first-order valence-corrected chi connectivity index (χ1v) is 7.46. The van der Waals surface area contributed by atoms with Gasteiger partial charge in [-0.2, -0.15) is 5.10 Å². The monoisotopic (exact) mass is 345 g/mol. The number of benzene rings is 2. The van der Waals surface area contributed by atoms with Crippen LogP contribution in [0.5, 0.6) is 5.75 Å². The second-order valence-corrected chi connectivity index (χ2v) is 5.14. The number of halogens is 1. The lowest BCUT2D eigenvalue weighted by Gasteiger charge is -2.06. The molecule has 2 N–H and O–H groups in total. The molecule has 0 heterocycles. The van der Waals surface area contributed by atoms with Gasteiger partial charge in [0.05, 0.1) is 19.9 Å². The summed E-state index contributed by atoms with van der Waals surface area (Å²) in [6.07, 6.45) is 1.43. The minimum absolute atomic E-state index is 0.199. The summed E-state index contributed by atoms with van der Waals surface area (Å²) in [7, 11) is 1.52. The summed E-state index contributed by atoms with van der Waals surface area (Å²) in [6, 6.07) is 13.7. The van der Waals surface area contributed by atoms with Gasteiger partial charge in [-0.05, 0) is 24.3 Å². The number of hydrogen-bond donors (Lipinski definition) is 2. The van der Waals surface area contributed by atoms with Gasteiger partial charge in [0.1, 0.15) is 5.75 Å². The SMILES string of the molecule is COc1cccc(C(=O)NCC(=O)N/N=C\c2ccccc2Cl)c1. The molecule has 0 spiro atoms. The van der Waals surface area contributed by atoms with Crippen molar-refractivity contribution in [1.82, 2.24) is 10.7 Å². The van der Waals surface area contributed by atoms with Crippen molar-refractivity contribution in [2.45, 2.75) is 0 Å². The van der Waals surface area contributed by atoms with E-state index in [2.05, 4.69) is 15.8 Å². The molecule has 2 aromatic carbocycles. The van der Waals surface area contributed by atoms with Gasteiger partial charge in [0, 0.05) is 16.1 Å². The van der Waals surface area contributed by atoms with E-state index in [9.17, 15) is 9.59 Å². The first kappa shape index (κ1) is 17.5. The van der Waals surface area contributed by atoms with Crippen molar-refractivity contribution in [3.05, 3.63) is 64.7 Å². The van der Waals surface area contributed by atoms with E-state index >= 15 is 0 Å². The molecule has 7 heteroatoms. The van der Waals surface area contributed by atoms with Crippen LogP contribution < -0.4 is 15.5 Å². The number of methoxy groups -OCH3 is 1. The van der Waals surface area contributed by atoms with Crippen LogP contribution in [0.2, 0.25) is 5.02 Å². The zero-order valence-corrected chi connectivity index (χ0v) is 13.7. The van der Waals surface area contributed by atoms with E-state index in [1.54, 1.807) is 42.5 Å². The van der Waals surface area contributed by atoms with E-state index in [4.69, 9.17) is 16.3 Å². The summed E-state index contributed by atoms with van der Waals surface area (Å²) >= 11 is 5.96. The van der Waals surface area contributed by atoms with Crippen LogP contribution in [0, 0.1) is 0 Å². The zero-order chi connectivity index (χ0) is 17.4. The predicted molar refractivity (Wildman–Crippen MR) is 92.5 cm³/mol. The Balaban J connectivity index is 1.82. The Labute approximate surface area is 144 Å². The molecule has 2 aromatic rings. The lowest BCUT2D eigenvalue weighted by Crippen LogP contribution is -2.34. The average molecular weight is 346 g/mol. The third-order valence-electron chi connectivity index (χ3n) is 3.04. The summed E-state index contributed by atoms with van der Waals surface area (Å²) in [5.41, 5.74) is 3.41. The highest BCUT2D eigenvalue weighted by Gasteiger charge is 2.08. The number of carbonyl (C=O) groups excluding carboxylic acids is 2. The van der Waals surface area contributed by atoms with Crippen LogP contribution in [-0.4, -0.2) is 31.7 Å². The van der Waals surface area contributed by atoms with Crippen LogP contribution in [0.4, 0.5) is 0 Å². The second kappa shape index (κ2) is 8.69. The molecule has 0 aromatic heterocycles. The molecule has 0 aliphatic rings. The maximum Gasteiger partial charge on any atom is 0.259 e. The van der Waals surface area contributed by atoms with Gasteiger partial charge in [0.25, 0.3) is 11.8 Å². The maximum absolute atomic E-state index is 12.0. The van der Waals surface area contributed by atoms with E-state index in [1.165, 1.54) is 13.3 Å². The Morgan fingerprint density at radius 1 is 1.21 bits per heavy atom. The van der Waals surface area contributed by atoms with Gasteiger partial charge in [-0.3, -0.25) is 9.59 Å². The van der Waals surface area contributed by atoms with Crippen LogP contribution in [0.1, 0.15) is 15.9 Å². The number of nitrogens with zero attached hydrogens (tertiary/aromatic N) is 1. The molecule has 0 aliphatic carbocycles. The van der Waals surface area contributed by atoms with E-state index in [0.29, 0.717) is 21.9 Å². The Bertz CT molecular complexity index is 762. The number of amides is 2. The summed E-state index contributed by atoms with van der Waals surface area (Å²) in [5.74, 6) is -0.259. The minimum atomic E-state index is -0.449. The molecule has 24 heavy (non-hydrogen) atoms. The molecule has 0 bridgehead atoms. The van der Waals surface area contributed by atoms with Crippen LogP contribution >= 0.6 is 11.6 Å². The predicted octanol–water partition coefficient (Wildman–Crippen LogP) is 2.23. The van der Waals surface area contributed by atoms with Gasteiger partial charge < -0.3 is 10.1 Å². The zero-order valence-electron chi connectivity index (χ0n) is 13.0. The molecule has 0 saturated carbocycles. The van der Waals surface area contributed by atoms with E-state index < -0.39 is 5.91 Å². The maximum atomic E-state index is 12.0. The smallest absolute Gasteiger partial charge is 0.259 e. The van der Waals surface area contributed by atoms with Crippen LogP contribution in [0.3, 0.4) is 0 Å². The van der Waals surface area contributed by atoms with Gasteiger partial charge in [-0.15, -0.1) is 0 Å². The fourth-order valence-corrected chi connectivity index (χ4v) is 2.00. The number of rotatable bonds is 6.